The molecule has 0 unspecified atom stereocenters. The van der Waals surface area contributed by atoms with Crippen LogP contribution in [0.15, 0.2) is 54.9 Å². The summed E-state index contributed by atoms with van der Waals surface area (Å²) in [6.45, 7) is -0.0926. The topological polar surface area (TPSA) is 103 Å². The zero-order chi connectivity index (χ0) is 20.5. The fourth-order valence-electron chi connectivity index (χ4n) is 2.93. The lowest BCUT2D eigenvalue weighted by Crippen LogP contribution is -2.08. The maximum atomic E-state index is 14.1. The van der Waals surface area contributed by atoms with Gasteiger partial charge in [-0.15, -0.1) is 0 Å². The first kappa shape index (κ1) is 18.4. The number of carboxylic acids is 1. The zero-order valence-corrected chi connectivity index (χ0v) is 14.8. The molecular weight excluding hydrogens is 382 g/mol. The quantitative estimate of drug-likeness (QED) is 0.535. The van der Waals surface area contributed by atoms with Crippen molar-refractivity contribution < 1.29 is 23.4 Å². The molecule has 0 atom stereocenters. The van der Waals surface area contributed by atoms with Gasteiger partial charge >= 0.3 is 5.97 Å². The van der Waals surface area contributed by atoms with E-state index in [1.807, 2.05) is 0 Å². The SMILES string of the molecule is Nc1nc2c(F)ccc(F)c2cc1OCc1cc(C(=O)O)ccc1-n1cccn1. The van der Waals surface area contributed by atoms with E-state index in [1.165, 1.54) is 18.2 Å². The van der Waals surface area contributed by atoms with Gasteiger partial charge in [0, 0.05) is 23.3 Å². The third-order valence-electron chi connectivity index (χ3n) is 4.34. The monoisotopic (exact) mass is 396 g/mol. The highest BCUT2D eigenvalue weighted by Gasteiger charge is 2.15. The number of hydrogen-bond acceptors (Lipinski definition) is 5. The van der Waals surface area contributed by atoms with Crippen LogP contribution in [-0.4, -0.2) is 25.8 Å². The normalized spacial score (nSPS) is 11.0. The molecule has 0 fully saturated rings. The molecule has 4 aromatic rings. The van der Waals surface area contributed by atoms with Crippen LogP contribution < -0.4 is 10.5 Å². The predicted octanol–water partition coefficient (Wildman–Crippen LogP) is 3.56. The number of benzene rings is 2. The van der Waals surface area contributed by atoms with Gasteiger partial charge < -0.3 is 15.6 Å². The molecule has 0 aliphatic carbocycles. The number of anilines is 1. The van der Waals surface area contributed by atoms with E-state index in [1.54, 1.807) is 29.2 Å². The number of nitrogens with zero attached hydrogens (tertiary/aromatic N) is 3. The van der Waals surface area contributed by atoms with E-state index < -0.39 is 17.6 Å². The summed E-state index contributed by atoms with van der Waals surface area (Å²) in [4.78, 5) is 15.2. The van der Waals surface area contributed by atoms with Crippen LogP contribution in [0.2, 0.25) is 0 Å². The maximum Gasteiger partial charge on any atom is 0.335 e. The number of rotatable bonds is 5. The fourth-order valence-corrected chi connectivity index (χ4v) is 2.93. The average Bonchev–Trinajstić information content (AvgIpc) is 3.24. The Hall–Kier alpha value is -4.01. The first-order chi connectivity index (χ1) is 13.9. The second-order valence-electron chi connectivity index (χ2n) is 6.19. The molecule has 0 radical (unpaired) electrons. The van der Waals surface area contributed by atoms with Gasteiger partial charge in [0.05, 0.1) is 11.3 Å². The van der Waals surface area contributed by atoms with Crippen molar-refractivity contribution in [3.8, 4) is 11.4 Å². The van der Waals surface area contributed by atoms with Crippen LogP contribution in [0.1, 0.15) is 15.9 Å². The lowest BCUT2D eigenvalue weighted by Gasteiger charge is -2.14. The fraction of sp³-hybridized carbons (Fsp3) is 0.0500. The number of hydrogen-bond donors (Lipinski definition) is 2. The summed E-state index contributed by atoms with van der Waals surface area (Å²) in [6.07, 6.45) is 3.28. The molecule has 29 heavy (non-hydrogen) atoms. The number of aromatic carboxylic acids is 1. The lowest BCUT2D eigenvalue weighted by molar-refractivity contribution is 0.0696. The second-order valence-corrected chi connectivity index (χ2v) is 6.19. The molecule has 9 heteroatoms. The highest BCUT2D eigenvalue weighted by atomic mass is 19.1. The first-order valence-corrected chi connectivity index (χ1v) is 8.47. The first-order valence-electron chi connectivity index (χ1n) is 8.47. The summed E-state index contributed by atoms with van der Waals surface area (Å²) < 4.78 is 35.2. The molecular formula is C20H14F2N4O3. The molecule has 0 aliphatic rings. The van der Waals surface area contributed by atoms with Crippen molar-refractivity contribution in [1.29, 1.82) is 0 Å². The Balaban J connectivity index is 1.72. The van der Waals surface area contributed by atoms with Crippen molar-refractivity contribution in [2.24, 2.45) is 0 Å². The molecule has 0 saturated heterocycles. The molecule has 2 heterocycles. The van der Waals surface area contributed by atoms with Crippen molar-refractivity contribution in [3.63, 3.8) is 0 Å². The Morgan fingerprint density at radius 3 is 2.69 bits per heavy atom. The highest BCUT2D eigenvalue weighted by Crippen LogP contribution is 2.29. The van der Waals surface area contributed by atoms with Gasteiger partial charge in [0.2, 0.25) is 0 Å². The van der Waals surface area contributed by atoms with Crippen LogP contribution in [0.5, 0.6) is 5.75 Å². The molecule has 2 aromatic carbocycles. The smallest absolute Gasteiger partial charge is 0.335 e. The molecule has 0 saturated carbocycles. The Morgan fingerprint density at radius 2 is 1.97 bits per heavy atom. The van der Waals surface area contributed by atoms with Crippen molar-refractivity contribution in [3.05, 3.63) is 77.6 Å². The standard InChI is InChI=1S/C20H14F2N4O3/c21-14-3-4-15(22)18-13(14)9-17(19(23)25-18)29-10-12-8-11(20(27)28)2-5-16(12)26-7-1-6-24-26/h1-9H,10H2,(H2,23,25)(H,27,28). The number of nitrogen functional groups attached to an aromatic ring is 1. The molecule has 3 N–H and O–H groups in total. The minimum absolute atomic E-state index is 0.0501. The Kier molecular flexibility index (Phi) is 4.55. The second kappa shape index (κ2) is 7.19. The van der Waals surface area contributed by atoms with Crippen LogP contribution in [0.3, 0.4) is 0 Å². The summed E-state index contributed by atoms with van der Waals surface area (Å²) in [6, 6.07) is 9.45. The Labute approximate surface area is 163 Å². The number of nitrogens with two attached hydrogens (primary N) is 1. The molecule has 4 rings (SSSR count). The third kappa shape index (κ3) is 3.45. The Bertz CT molecular complexity index is 1230. The number of pyridine rings is 1. The van der Waals surface area contributed by atoms with Gasteiger partial charge in [0.25, 0.3) is 0 Å². The number of halogens is 2. The van der Waals surface area contributed by atoms with Crippen LogP contribution in [0.4, 0.5) is 14.6 Å². The largest absolute Gasteiger partial charge is 0.485 e. The van der Waals surface area contributed by atoms with Crippen molar-refractivity contribution in [2.75, 3.05) is 5.73 Å². The van der Waals surface area contributed by atoms with E-state index in [0.717, 1.165) is 12.1 Å². The van der Waals surface area contributed by atoms with E-state index in [0.29, 0.717) is 11.3 Å². The zero-order valence-electron chi connectivity index (χ0n) is 14.8. The molecule has 146 valence electrons. The number of carboxylic acid groups (broad SMARTS) is 1. The number of ether oxygens (including phenoxy) is 1. The summed E-state index contributed by atoms with van der Waals surface area (Å²) in [7, 11) is 0. The van der Waals surface area contributed by atoms with Crippen molar-refractivity contribution >= 4 is 22.7 Å². The van der Waals surface area contributed by atoms with Crippen LogP contribution in [0.25, 0.3) is 16.6 Å². The molecule has 0 aliphatic heterocycles. The van der Waals surface area contributed by atoms with Crippen molar-refractivity contribution in [1.82, 2.24) is 14.8 Å². The Morgan fingerprint density at radius 1 is 1.17 bits per heavy atom. The minimum atomic E-state index is -1.09. The van der Waals surface area contributed by atoms with E-state index in [2.05, 4.69) is 10.1 Å². The lowest BCUT2D eigenvalue weighted by atomic mass is 10.1. The van der Waals surface area contributed by atoms with Gasteiger partial charge in [-0.1, -0.05) is 0 Å². The summed E-state index contributed by atoms with van der Waals surface area (Å²) in [5, 5.41) is 13.3. The van der Waals surface area contributed by atoms with Gasteiger partial charge in [-0.2, -0.15) is 5.10 Å². The number of carbonyl (C=O) groups is 1. The third-order valence-corrected chi connectivity index (χ3v) is 4.34. The number of fused-ring (bicyclic) bond motifs is 1. The van der Waals surface area contributed by atoms with E-state index >= 15 is 0 Å². The van der Waals surface area contributed by atoms with Gasteiger partial charge in [0.15, 0.2) is 11.6 Å². The van der Waals surface area contributed by atoms with Crippen molar-refractivity contribution in [2.45, 2.75) is 6.61 Å². The van der Waals surface area contributed by atoms with E-state index in [9.17, 15) is 18.7 Å². The molecule has 0 bridgehead atoms. The van der Waals surface area contributed by atoms with Crippen LogP contribution in [-0.2, 0) is 6.61 Å². The van der Waals surface area contributed by atoms with Gasteiger partial charge in [-0.05, 0) is 42.5 Å². The van der Waals surface area contributed by atoms with E-state index in [4.69, 9.17) is 10.5 Å². The highest BCUT2D eigenvalue weighted by molar-refractivity contribution is 5.88. The average molecular weight is 396 g/mol. The summed E-state index contributed by atoms with van der Waals surface area (Å²) >= 11 is 0. The molecule has 7 nitrogen and oxygen atoms in total. The molecule has 0 spiro atoms. The van der Waals surface area contributed by atoms with Gasteiger partial charge in [-0.3, -0.25) is 0 Å². The minimum Gasteiger partial charge on any atom is -0.485 e. The number of aromatic nitrogens is 3. The maximum absolute atomic E-state index is 14.1. The van der Waals surface area contributed by atoms with E-state index in [-0.39, 0.29) is 34.6 Å². The van der Waals surface area contributed by atoms with Gasteiger partial charge in [0.1, 0.15) is 23.8 Å². The van der Waals surface area contributed by atoms with Crippen LogP contribution in [0, 0.1) is 11.6 Å². The van der Waals surface area contributed by atoms with Crippen LogP contribution >= 0.6 is 0 Å². The molecule has 2 aromatic heterocycles. The van der Waals surface area contributed by atoms with Gasteiger partial charge in [-0.25, -0.2) is 23.2 Å². The predicted molar refractivity (Wildman–Crippen MR) is 101 cm³/mol. The summed E-state index contributed by atoms with van der Waals surface area (Å²) in [5.74, 6) is -2.52. The summed E-state index contributed by atoms with van der Waals surface area (Å²) in [5.41, 5.74) is 6.82. The molecule has 0 amide bonds.